The van der Waals surface area contributed by atoms with Crippen LogP contribution in [0.4, 0.5) is 5.13 Å². The SMILES string of the molecule is COc1nc(N(C)C)sc1CNCc1cccc(CO)c1. The van der Waals surface area contributed by atoms with E-state index in [9.17, 15) is 0 Å². The molecule has 0 spiro atoms. The number of nitrogens with one attached hydrogen (secondary N) is 1. The van der Waals surface area contributed by atoms with E-state index in [1.807, 2.05) is 43.3 Å². The average molecular weight is 307 g/mol. The van der Waals surface area contributed by atoms with E-state index in [2.05, 4.69) is 10.3 Å². The van der Waals surface area contributed by atoms with Crippen LogP contribution >= 0.6 is 11.3 Å². The second kappa shape index (κ2) is 7.40. The smallest absolute Gasteiger partial charge is 0.230 e. The Hall–Kier alpha value is -1.63. The van der Waals surface area contributed by atoms with Crippen molar-refractivity contribution in [3.8, 4) is 5.88 Å². The molecule has 0 saturated heterocycles. The summed E-state index contributed by atoms with van der Waals surface area (Å²) in [6, 6.07) is 7.92. The first-order chi connectivity index (χ1) is 10.1. The zero-order valence-corrected chi connectivity index (χ0v) is 13.4. The first-order valence-electron chi connectivity index (χ1n) is 6.74. The van der Waals surface area contributed by atoms with Crippen molar-refractivity contribution in [3.63, 3.8) is 0 Å². The largest absolute Gasteiger partial charge is 0.480 e. The van der Waals surface area contributed by atoms with Gasteiger partial charge in [-0.1, -0.05) is 35.6 Å². The molecule has 0 aliphatic heterocycles. The number of hydrogen-bond acceptors (Lipinski definition) is 6. The number of ether oxygens (including phenoxy) is 1. The molecule has 1 aromatic heterocycles. The third kappa shape index (κ3) is 4.17. The molecule has 0 saturated carbocycles. The van der Waals surface area contributed by atoms with Crippen LogP contribution in [0.3, 0.4) is 0 Å². The van der Waals surface area contributed by atoms with Gasteiger partial charge in [0.1, 0.15) is 0 Å². The minimum Gasteiger partial charge on any atom is -0.480 e. The van der Waals surface area contributed by atoms with Crippen molar-refractivity contribution in [3.05, 3.63) is 40.3 Å². The molecule has 0 aliphatic rings. The monoisotopic (exact) mass is 307 g/mol. The van der Waals surface area contributed by atoms with Crippen molar-refractivity contribution in [1.29, 1.82) is 0 Å². The molecule has 0 atom stereocenters. The van der Waals surface area contributed by atoms with Gasteiger partial charge in [0.25, 0.3) is 0 Å². The summed E-state index contributed by atoms with van der Waals surface area (Å²) in [6.45, 7) is 1.52. The van der Waals surface area contributed by atoms with Crippen molar-refractivity contribution in [2.45, 2.75) is 19.7 Å². The fraction of sp³-hybridized carbons (Fsp3) is 0.400. The Labute approximate surface area is 129 Å². The second-order valence-corrected chi connectivity index (χ2v) is 5.97. The Balaban J connectivity index is 1.96. The maximum Gasteiger partial charge on any atom is 0.230 e. The number of thiazole rings is 1. The van der Waals surface area contributed by atoms with Gasteiger partial charge in [-0.3, -0.25) is 0 Å². The zero-order valence-electron chi connectivity index (χ0n) is 12.6. The number of rotatable bonds is 7. The molecule has 21 heavy (non-hydrogen) atoms. The molecule has 0 amide bonds. The molecule has 2 rings (SSSR count). The van der Waals surface area contributed by atoms with Crippen molar-refractivity contribution in [1.82, 2.24) is 10.3 Å². The van der Waals surface area contributed by atoms with Gasteiger partial charge in [0.05, 0.1) is 18.6 Å². The van der Waals surface area contributed by atoms with E-state index in [-0.39, 0.29) is 6.61 Å². The summed E-state index contributed by atoms with van der Waals surface area (Å²) >= 11 is 1.62. The average Bonchev–Trinajstić information content (AvgIpc) is 2.91. The number of anilines is 1. The van der Waals surface area contributed by atoms with E-state index in [1.165, 1.54) is 0 Å². The van der Waals surface area contributed by atoms with E-state index in [1.54, 1.807) is 18.4 Å². The van der Waals surface area contributed by atoms with Crippen molar-refractivity contribution >= 4 is 16.5 Å². The van der Waals surface area contributed by atoms with Crippen LogP contribution in [0.5, 0.6) is 5.88 Å². The van der Waals surface area contributed by atoms with Crippen LogP contribution in [-0.2, 0) is 19.7 Å². The maximum atomic E-state index is 9.14. The van der Waals surface area contributed by atoms with Gasteiger partial charge in [0.2, 0.25) is 5.88 Å². The summed E-state index contributed by atoms with van der Waals surface area (Å²) < 4.78 is 5.32. The van der Waals surface area contributed by atoms with Crippen molar-refractivity contribution in [2.24, 2.45) is 0 Å². The summed E-state index contributed by atoms with van der Waals surface area (Å²) in [6.07, 6.45) is 0. The molecule has 0 unspecified atom stereocenters. The quantitative estimate of drug-likeness (QED) is 0.819. The molecule has 6 heteroatoms. The van der Waals surface area contributed by atoms with Crippen LogP contribution in [0, 0.1) is 0 Å². The standard InChI is InChI=1S/C15H21N3O2S/c1-18(2)15-17-14(20-3)13(21-15)9-16-8-11-5-4-6-12(7-11)10-19/h4-7,16,19H,8-10H2,1-3H3. The highest BCUT2D eigenvalue weighted by Crippen LogP contribution is 2.30. The first-order valence-corrected chi connectivity index (χ1v) is 7.56. The summed E-state index contributed by atoms with van der Waals surface area (Å²) in [4.78, 5) is 7.49. The van der Waals surface area contributed by atoms with E-state index < -0.39 is 0 Å². The van der Waals surface area contributed by atoms with Gasteiger partial charge >= 0.3 is 0 Å². The number of aliphatic hydroxyl groups excluding tert-OH is 1. The highest BCUT2D eigenvalue weighted by molar-refractivity contribution is 7.15. The maximum absolute atomic E-state index is 9.14. The third-order valence-corrected chi connectivity index (χ3v) is 4.22. The normalized spacial score (nSPS) is 10.7. The lowest BCUT2D eigenvalue weighted by molar-refractivity contribution is 0.281. The number of methoxy groups -OCH3 is 1. The van der Waals surface area contributed by atoms with Crippen LogP contribution < -0.4 is 15.0 Å². The minimum absolute atomic E-state index is 0.0721. The molecule has 0 bridgehead atoms. The molecule has 0 aliphatic carbocycles. The van der Waals surface area contributed by atoms with Crippen molar-refractivity contribution in [2.75, 3.05) is 26.1 Å². The highest BCUT2D eigenvalue weighted by atomic mass is 32.1. The van der Waals surface area contributed by atoms with Crippen LogP contribution in [0.1, 0.15) is 16.0 Å². The summed E-state index contributed by atoms with van der Waals surface area (Å²) in [5.41, 5.74) is 2.08. The molecular weight excluding hydrogens is 286 g/mol. The van der Waals surface area contributed by atoms with Gasteiger partial charge in [-0.15, -0.1) is 0 Å². The Kier molecular flexibility index (Phi) is 5.55. The topological polar surface area (TPSA) is 57.6 Å². The third-order valence-electron chi connectivity index (χ3n) is 3.01. The lowest BCUT2D eigenvalue weighted by atomic mass is 10.1. The minimum atomic E-state index is 0.0721. The van der Waals surface area contributed by atoms with Gasteiger partial charge in [-0.25, -0.2) is 0 Å². The molecule has 5 nitrogen and oxygen atoms in total. The Morgan fingerprint density at radius 3 is 2.71 bits per heavy atom. The molecule has 1 heterocycles. The molecule has 114 valence electrons. The zero-order chi connectivity index (χ0) is 15.2. The van der Waals surface area contributed by atoms with Crippen molar-refractivity contribution < 1.29 is 9.84 Å². The fourth-order valence-electron chi connectivity index (χ4n) is 1.95. The number of nitrogens with zero attached hydrogens (tertiary/aromatic N) is 2. The van der Waals surface area contributed by atoms with Crippen LogP contribution in [0.25, 0.3) is 0 Å². The second-order valence-electron chi connectivity index (χ2n) is 4.90. The van der Waals surface area contributed by atoms with Gasteiger partial charge in [0.15, 0.2) is 5.13 Å². The highest BCUT2D eigenvalue weighted by Gasteiger charge is 2.12. The van der Waals surface area contributed by atoms with E-state index in [4.69, 9.17) is 9.84 Å². The molecule has 1 aromatic carbocycles. The first kappa shape index (κ1) is 15.8. The lowest BCUT2D eigenvalue weighted by Gasteiger charge is -2.06. The molecule has 0 radical (unpaired) electrons. The van der Waals surface area contributed by atoms with Gasteiger partial charge in [0, 0.05) is 27.2 Å². The van der Waals surface area contributed by atoms with Crippen LogP contribution in [0.2, 0.25) is 0 Å². The van der Waals surface area contributed by atoms with Gasteiger partial charge in [-0.05, 0) is 11.1 Å². The Bertz CT molecular complexity index is 584. The van der Waals surface area contributed by atoms with Gasteiger partial charge in [-0.2, -0.15) is 4.98 Å². The summed E-state index contributed by atoms with van der Waals surface area (Å²) in [7, 11) is 5.58. The Morgan fingerprint density at radius 2 is 2.05 bits per heavy atom. The summed E-state index contributed by atoms with van der Waals surface area (Å²) in [5, 5.41) is 13.5. The predicted octanol–water partition coefficient (Wildman–Crippen LogP) is 2.00. The number of aliphatic hydroxyl groups is 1. The molecule has 0 fully saturated rings. The van der Waals surface area contributed by atoms with E-state index in [0.29, 0.717) is 12.4 Å². The van der Waals surface area contributed by atoms with Crippen LogP contribution in [0.15, 0.2) is 24.3 Å². The number of hydrogen-bond donors (Lipinski definition) is 2. The van der Waals surface area contributed by atoms with Gasteiger partial charge < -0.3 is 20.1 Å². The van der Waals surface area contributed by atoms with Crippen LogP contribution in [-0.4, -0.2) is 31.3 Å². The Morgan fingerprint density at radius 1 is 1.29 bits per heavy atom. The van der Waals surface area contributed by atoms with E-state index >= 15 is 0 Å². The molecule has 2 N–H and O–H groups in total. The fourth-order valence-corrected chi connectivity index (χ4v) is 2.87. The lowest BCUT2D eigenvalue weighted by Crippen LogP contribution is -2.12. The number of benzene rings is 1. The van der Waals surface area contributed by atoms with E-state index in [0.717, 1.165) is 27.7 Å². The number of aromatic nitrogens is 1. The molecule has 2 aromatic rings. The molecular formula is C15H21N3O2S. The predicted molar refractivity (Wildman–Crippen MR) is 85.9 cm³/mol. The summed E-state index contributed by atoms with van der Waals surface area (Å²) in [5.74, 6) is 0.681.